The third-order valence-electron chi connectivity index (χ3n) is 3.42. The Morgan fingerprint density at radius 2 is 1.62 bits per heavy atom. The first-order chi connectivity index (χ1) is 11.5. The molecule has 128 valence electrons. The maximum atomic E-state index is 13.2. The molecule has 0 spiro atoms. The number of rotatable bonds is 5. The summed E-state index contributed by atoms with van der Waals surface area (Å²) >= 11 is 0. The summed E-state index contributed by atoms with van der Waals surface area (Å²) in [5.41, 5.74) is 1.47. The van der Waals surface area contributed by atoms with E-state index in [4.69, 9.17) is 0 Å². The van der Waals surface area contributed by atoms with Crippen molar-refractivity contribution >= 4 is 5.96 Å². The number of hydrogen-bond acceptors (Lipinski definition) is 1. The number of guanidine groups is 1. The van der Waals surface area contributed by atoms with Crippen molar-refractivity contribution in [1.29, 1.82) is 0 Å². The molecule has 0 aromatic heterocycles. The van der Waals surface area contributed by atoms with Crippen molar-refractivity contribution < 1.29 is 13.2 Å². The molecule has 0 atom stereocenters. The van der Waals surface area contributed by atoms with Crippen LogP contribution in [0.2, 0.25) is 0 Å². The SMILES string of the molecule is CN(C)C(=NCc1ccccc1)NCCc1cc(F)c(F)c(F)c1. The molecule has 0 fully saturated rings. The van der Waals surface area contributed by atoms with Gasteiger partial charge >= 0.3 is 0 Å². The monoisotopic (exact) mass is 335 g/mol. The van der Waals surface area contributed by atoms with Gasteiger partial charge in [0.05, 0.1) is 6.54 Å². The number of hydrogen-bond donors (Lipinski definition) is 1. The molecule has 0 aliphatic heterocycles. The topological polar surface area (TPSA) is 27.6 Å². The molecular weight excluding hydrogens is 315 g/mol. The van der Waals surface area contributed by atoms with E-state index in [1.807, 2.05) is 49.3 Å². The van der Waals surface area contributed by atoms with Crippen molar-refractivity contribution in [2.45, 2.75) is 13.0 Å². The van der Waals surface area contributed by atoms with E-state index in [9.17, 15) is 13.2 Å². The van der Waals surface area contributed by atoms with Gasteiger partial charge in [-0.25, -0.2) is 18.2 Å². The average Bonchev–Trinajstić information content (AvgIpc) is 2.56. The van der Waals surface area contributed by atoms with E-state index in [0.717, 1.165) is 17.7 Å². The lowest BCUT2D eigenvalue weighted by molar-refractivity contribution is 0.445. The first-order valence-corrected chi connectivity index (χ1v) is 7.60. The summed E-state index contributed by atoms with van der Waals surface area (Å²) in [4.78, 5) is 6.33. The lowest BCUT2D eigenvalue weighted by Crippen LogP contribution is -2.37. The lowest BCUT2D eigenvalue weighted by Gasteiger charge is -2.17. The predicted octanol–water partition coefficient (Wildman–Crippen LogP) is 3.35. The van der Waals surface area contributed by atoms with Crippen LogP contribution in [0.4, 0.5) is 13.2 Å². The molecule has 1 N–H and O–H groups in total. The molecule has 2 aromatic carbocycles. The lowest BCUT2D eigenvalue weighted by atomic mass is 10.1. The Balaban J connectivity index is 1.94. The van der Waals surface area contributed by atoms with Gasteiger partial charge in [-0.1, -0.05) is 30.3 Å². The van der Waals surface area contributed by atoms with Crippen LogP contribution in [-0.2, 0) is 13.0 Å². The van der Waals surface area contributed by atoms with Crippen LogP contribution in [-0.4, -0.2) is 31.5 Å². The number of benzene rings is 2. The Hall–Kier alpha value is -2.50. The van der Waals surface area contributed by atoms with Gasteiger partial charge in [0.1, 0.15) is 0 Å². The summed E-state index contributed by atoms with van der Waals surface area (Å²) in [6.45, 7) is 0.956. The van der Waals surface area contributed by atoms with Gasteiger partial charge < -0.3 is 10.2 Å². The van der Waals surface area contributed by atoms with Crippen molar-refractivity contribution in [3.05, 3.63) is 71.0 Å². The van der Waals surface area contributed by atoms with Crippen LogP contribution in [0.3, 0.4) is 0 Å². The van der Waals surface area contributed by atoms with E-state index in [-0.39, 0.29) is 0 Å². The maximum Gasteiger partial charge on any atom is 0.194 e. The molecule has 0 amide bonds. The Morgan fingerprint density at radius 3 is 2.21 bits per heavy atom. The average molecular weight is 335 g/mol. The summed E-state index contributed by atoms with van der Waals surface area (Å²) in [5, 5.41) is 3.13. The normalized spacial score (nSPS) is 11.5. The minimum atomic E-state index is -1.44. The van der Waals surface area contributed by atoms with E-state index in [1.165, 1.54) is 0 Å². The largest absolute Gasteiger partial charge is 0.356 e. The molecule has 0 radical (unpaired) electrons. The highest BCUT2D eigenvalue weighted by molar-refractivity contribution is 5.79. The summed E-state index contributed by atoms with van der Waals surface area (Å²) in [6, 6.07) is 11.8. The molecule has 0 aliphatic carbocycles. The van der Waals surface area contributed by atoms with Crippen LogP contribution in [0, 0.1) is 17.5 Å². The first kappa shape index (κ1) is 17.8. The maximum absolute atomic E-state index is 13.2. The van der Waals surface area contributed by atoms with Crippen molar-refractivity contribution in [2.75, 3.05) is 20.6 Å². The van der Waals surface area contributed by atoms with Gasteiger partial charge in [0.25, 0.3) is 0 Å². The molecular formula is C18H20F3N3. The molecule has 3 nitrogen and oxygen atoms in total. The smallest absolute Gasteiger partial charge is 0.194 e. The zero-order valence-corrected chi connectivity index (χ0v) is 13.7. The number of nitrogens with one attached hydrogen (secondary N) is 1. The Bertz CT molecular complexity index is 677. The molecule has 0 saturated heterocycles. The van der Waals surface area contributed by atoms with Crippen LogP contribution >= 0.6 is 0 Å². The van der Waals surface area contributed by atoms with Gasteiger partial charge in [0.15, 0.2) is 23.4 Å². The summed E-state index contributed by atoms with van der Waals surface area (Å²) in [6.07, 6.45) is 0.353. The highest BCUT2D eigenvalue weighted by Gasteiger charge is 2.10. The van der Waals surface area contributed by atoms with Gasteiger partial charge in [-0.2, -0.15) is 0 Å². The Morgan fingerprint density at radius 1 is 1.00 bits per heavy atom. The van der Waals surface area contributed by atoms with Crippen LogP contribution in [0.15, 0.2) is 47.5 Å². The van der Waals surface area contributed by atoms with Crippen LogP contribution in [0.25, 0.3) is 0 Å². The predicted molar refractivity (Wildman–Crippen MR) is 89.3 cm³/mol. The van der Waals surface area contributed by atoms with Gasteiger partial charge in [0, 0.05) is 20.6 Å². The minimum absolute atomic E-state index is 0.353. The van der Waals surface area contributed by atoms with Crippen molar-refractivity contribution in [2.24, 2.45) is 4.99 Å². The molecule has 0 unspecified atom stereocenters. The van der Waals surface area contributed by atoms with Gasteiger partial charge in [0.2, 0.25) is 0 Å². The number of nitrogens with zero attached hydrogens (tertiary/aromatic N) is 2. The zero-order valence-electron chi connectivity index (χ0n) is 13.7. The zero-order chi connectivity index (χ0) is 17.5. The van der Waals surface area contributed by atoms with Gasteiger partial charge in [-0.3, -0.25) is 0 Å². The molecule has 0 aliphatic rings. The van der Waals surface area contributed by atoms with E-state index < -0.39 is 17.5 Å². The van der Waals surface area contributed by atoms with Crippen molar-refractivity contribution in [1.82, 2.24) is 10.2 Å². The summed E-state index contributed by atoms with van der Waals surface area (Å²) in [5.74, 6) is -3.11. The fourth-order valence-corrected chi connectivity index (χ4v) is 2.18. The molecule has 24 heavy (non-hydrogen) atoms. The van der Waals surface area contributed by atoms with Crippen molar-refractivity contribution in [3.8, 4) is 0 Å². The first-order valence-electron chi connectivity index (χ1n) is 7.60. The molecule has 0 saturated carbocycles. The standard InChI is InChI=1S/C18H20F3N3/c1-24(2)18(23-12-13-6-4-3-5-7-13)22-9-8-14-10-15(19)17(21)16(20)11-14/h3-7,10-11H,8-9,12H2,1-2H3,(H,22,23). The van der Waals surface area contributed by atoms with Gasteiger partial charge in [-0.15, -0.1) is 0 Å². The third-order valence-corrected chi connectivity index (χ3v) is 3.42. The molecule has 0 heterocycles. The van der Waals surface area contributed by atoms with Crippen LogP contribution in [0.5, 0.6) is 0 Å². The van der Waals surface area contributed by atoms with Crippen LogP contribution in [0.1, 0.15) is 11.1 Å². The summed E-state index contributed by atoms with van der Waals surface area (Å²) in [7, 11) is 3.71. The second-order valence-corrected chi connectivity index (χ2v) is 5.57. The van der Waals surface area contributed by atoms with E-state index in [2.05, 4.69) is 10.3 Å². The molecule has 2 aromatic rings. The number of aliphatic imine (C=N–C) groups is 1. The molecule has 6 heteroatoms. The molecule has 0 bridgehead atoms. The highest BCUT2D eigenvalue weighted by Crippen LogP contribution is 2.13. The second kappa shape index (κ2) is 8.38. The Labute approximate surface area is 139 Å². The van der Waals surface area contributed by atoms with Crippen molar-refractivity contribution in [3.63, 3.8) is 0 Å². The Kier molecular flexibility index (Phi) is 6.23. The highest BCUT2D eigenvalue weighted by atomic mass is 19.2. The third kappa shape index (κ3) is 5.01. The number of halogens is 3. The second-order valence-electron chi connectivity index (χ2n) is 5.57. The van der Waals surface area contributed by atoms with E-state index in [0.29, 0.717) is 31.0 Å². The van der Waals surface area contributed by atoms with Crippen LogP contribution < -0.4 is 5.32 Å². The fourth-order valence-electron chi connectivity index (χ4n) is 2.18. The minimum Gasteiger partial charge on any atom is -0.356 e. The quantitative estimate of drug-likeness (QED) is 0.515. The van der Waals surface area contributed by atoms with E-state index in [1.54, 1.807) is 0 Å². The molecule has 2 rings (SSSR count). The summed E-state index contributed by atoms with van der Waals surface area (Å²) < 4.78 is 39.3. The fraction of sp³-hybridized carbons (Fsp3) is 0.278. The van der Waals surface area contributed by atoms with E-state index >= 15 is 0 Å². The van der Waals surface area contributed by atoms with Gasteiger partial charge in [-0.05, 0) is 29.7 Å².